The number of alkyl halides is 2. The van der Waals surface area contributed by atoms with Gasteiger partial charge in [0.05, 0.1) is 12.4 Å². The lowest BCUT2D eigenvalue weighted by atomic mass is 10.2. The molecule has 1 rings (SSSR count). The van der Waals surface area contributed by atoms with Gasteiger partial charge >= 0.3 is 0 Å². The fourth-order valence-electron chi connectivity index (χ4n) is 1.51. The normalized spacial score (nSPS) is 12.5. The van der Waals surface area contributed by atoms with Crippen molar-refractivity contribution >= 4 is 5.69 Å². The Kier molecular flexibility index (Phi) is 5.98. The highest BCUT2D eigenvalue weighted by Crippen LogP contribution is 2.24. The zero-order valence-electron chi connectivity index (χ0n) is 9.96. The van der Waals surface area contributed by atoms with Gasteiger partial charge in [0.1, 0.15) is 0 Å². The largest absolute Gasteiger partial charge is 0.353 e. The Morgan fingerprint density at radius 3 is 2.26 bits per heavy atom. The van der Waals surface area contributed by atoms with Gasteiger partial charge in [0.2, 0.25) is 0 Å². The lowest BCUT2D eigenvalue weighted by Gasteiger charge is -2.13. The molecule has 0 bridgehead atoms. The summed E-state index contributed by atoms with van der Waals surface area (Å²) in [5.41, 5.74) is -0.783. The van der Waals surface area contributed by atoms with Gasteiger partial charge in [-0.1, -0.05) is 6.42 Å². The molecule has 0 heterocycles. The van der Waals surface area contributed by atoms with Crippen LogP contribution in [-0.4, -0.2) is 13.0 Å². The summed E-state index contributed by atoms with van der Waals surface area (Å²) in [6, 6.07) is 0.349. The third kappa shape index (κ3) is 4.33. The molecule has 1 aromatic carbocycles. The topological polar surface area (TPSA) is 12.0 Å². The van der Waals surface area contributed by atoms with Gasteiger partial charge in [-0.15, -0.1) is 0 Å². The van der Waals surface area contributed by atoms with Gasteiger partial charge in [-0.2, -0.15) is 0 Å². The fraction of sp³-hybridized carbons (Fsp3) is 0.500. The van der Waals surface area contributed by atoms with E-state index in [1.165, 1.54) is 0 Å². The van der Waals surface area contributed by atoms with E-state index in [0.717, 1.165) is 0 Å². The maximum Gasteiger partial charge on any atom is 0.199 e. The molecule has 108 valence electrons. The number of hydrogen-bond acceptors (Lipinski definition) is 1. The Morgan fingerprint density at radius 1 is 0.947 bits per heavy atom. The van der Waals surface area contributed by atoms with Gasteiger partial charge in [-0.3, -0.25) is 4.39 Å². The lowest BCUT2D eigenvalue weighted by Crippen LogP contribution is -2.15. The molecule has 1 nitrogen and oxygen atoms in total. The Hall–Kier alpha value is -1.40. The first kappa shape index (κ1) is 15.7. The number of unbranched alkanes of at least 4 members (excludes halogenated alkanes) is 2. The molecule has 0 amide bonds. The van der Waals surface area contributed by atoms with Crippen LogP contribution in [0.2, 0.25) is 0 Å². The number of rotatable bonds is 7. The van der Waals surface area contributed by atoms with E-state index in [1.807, 2.05) is 5.32 Å². The third-order valence-electron chi connectivity index (χ3n) is 2.51. The van der Waals surface area contributed by atoms with Crippen LogP contribution in [0.5, 0.6) is 0 Å². The van der Waals surface area contributed by atoms with Crippen LogP contribution in [-0.2, 0) is 0 Å². The van der Waals surface area contributed by atoms with Gasteiger partial charge in [0.15, 0.2) is 29.6 Å². The standard InChI is InChI=1S/C12H13F6N/c13-5-3-1-2-4-9(15)19-8-6-7(14)10(16)12(18)11(8)17/h6,9,19H,1-5H2. The van der Waals surface area contributed by atoms with E-state index in [0.29, 0.717) is 25.3 Å². The number of hydrogen-bond donors (Lipinski definition) is 1. The molecule has 7 heteroatoms. The molecule has 1 atom stereocenters. The van der Waals surface area contributed by atoms with Crippen LogP contribution in [0.4, 0.5) is 32.0 Å². The Balaban J connectivity index is 2.62. The van der Waals surface area contributed by atoms with Crippen LogP contribution < -0.4 is 5.32 Å². The minimum Gasteiger partial charge on any atom is -0.353 e. The van der Waals surface area contributed by atoms with E-state index in [4.69, 9.17) is 0 Å². The van der Waals surface area contributed by atoms with Crippen LogP contribution in [0.1, 0.15) is 25.7 Å². The van der Waals surface area contributed by atoms with Gasteiger partial charge < -0.3 is 5.32 Å². The zero-order chi connectivity index (χ0) is 14.4. The molecular weight excluding hydrogens is 272 g/mol. The van der Waals surface area contributed by atoms with Crippen molar-refractivity contribution in [2.45, 2.75) is 32.0 Å². The molecule has 0 saturated heterocycles. The number of nitrogens with one attached hydrogen (secondary N) is 1. The van der Waals surface area contributed by atoms with Crippen molar-refractivity contribution in [3.05, 3.63) is 29.3 Å². The van der Waals surface area contributed by atoms with Crippen molar-refractivity contribution in [3.63, 3.8) is 0 Å². The summed E-state index contributed by atoms with van der Waals surface area (Å²) in [6.45, 7) is -0.507. The summed E-state index contributed by atoms with van der Waals surface area (Å²) in [4.78, 5) is 0. The summed E-state index contributed by atoms with van der Waals surface area (Å²) >= 11 is 0. The van der Waals surface area contributed by atoms with Gasteiger partial charge in [0, 0.05) is 6.07 Å². The van der Waals surface area contributed by atoms with Gasteiger partial charge in [0.25, 0.3) is 0 Å². The second kappa shape index (κ2) is 7.25. The van der Waals surface area contributed by atoms with E-state index in [1.54, 1.807) is 0 Å². The summed E-state index contributed by atoms with van der Waals surface area (Å²) < 4.78 is 76.6. The third-order valence-corrected chi connectivity index (χ3v) is 2.51. The molecule has 1 N–H and O–H groups in total. The maximum absolute atomic E-state index is 13.3. The fourth-order valence-corrected chi connectivity index (χ4v) is 1.51. The van der Waals surface area contributed by atoms with Gasteiger partial charge in [-0.25, -0.2) is 22.0 Å². The van der Waals surface area contributed by atoms with Crippen molar-refractivity contribution in [1.29, 1.82) is 0 Å². The van der Waals surface area contributed by atoms with Crippen LogP contribution in [0.3, 0.4) is 0 Å². The van der Waals surface area contributed by atoms with E-state index < -0.39 is 41.9 Å². The quantitative estimate of drug-likeness (QED) is 0.256. The van der Waals surface area contributed by atoms with E-state index in [9.17, 15) is 26.3 Å². The average Bonchev–Trinajstić information content (AvgIpc) is 2.38. The Morgan fingerprint density at radius 2 is 1.63 bits per heavy atom. The summed E-state index contributed by atoms with van der Waals surface area (Å²) in [7, 11) is 0. The number of halogens is 6. The molecular formula is C12H13F6N. The monoisotopic (exact) mass is 285 g/mol. The van der Waals surface area contributed by atoms with Crippen molar-refractivity contribution in [1.82, 2.24) is 0 Å². The van der Waals surface area contributed by atoms with Crippen LogP contribution in [0, 0.1) is 23.3 Å². The average molecular weight is 285 g/mol. The zero-order valence-corrected chi connectivity index (χ0v) is 9.96. The molecule has 0 saturated carbocycles. The molecule has 0 spiro atoms. The van der Waals surface area contributed by atoms with Crippen LogP contribution >= 0.6 is 0 Å². The predicted molar refractivity (Wildman–Crippen MR) is 59.2 cm³/mol. The highest BCUT2D eigenvalue weighted by atomic mass is 19.2. The van der Waals surface area contributed by atoms with Crippen LogP contribution in [0.15, 0.2) is 6.07 Å². The minimum atomic E-state index is -1.99. The summed E-state index contributed by atoms with van der Waals surface area (Å²) in [5.74, 6) is -7.22. The van der Waals surface area contributed by atoms with Crippen molar-refractivity contribution in [2.75, 3.05) is 12.0 Å². The van der Waals surface area contributed by atoms with E-state index in [-0.39, 0.29) is 6.42 Å². The van der Waals surface area contributed by atoms with Crippen molar-refractivity contribution in [3.8, 4) is 0 Å². The molecule has 1 aromatic rings. The molecule has 0 radical (unpaired) electrons. The molecule has 19 heavy (non-hydrogen) atoms. The first-order chi connectivity index (χ1) is 8.97. The lowest BCUT2D eigenvalue weighted by molar-refractivity contribution is 0.333. The second-order valence-electron chi connectivity index (χ2n) is 4.00. The first-order valence-electron chi connectivity index (χ1n) is 5.77. The Labute approximate surface area is 106 Å². The SMILES string of the molecule is FCCCCCC(F)Nc1cc(F)c(F)c(F)c1F. The second-order valence-corrected chi connectivity index (χ2v) is 4.00. The van der Waals surface area contributed by atoms with Gasteiger partial charge in [-0.05, 0) is 19.3 Å². The van der Waals surface area contributed by atoms with Crippen LogP contribution in [0.25, 0.3) is 0 Å². The first-order valence-corrected chi connectivity index (χ1v) is 5.77. The smallest absolute Gasteiger partial charge is 0.199 e. The highest BCUT2D eigenvalue weighted by Gasteiger charge is 2.20. The van der Waals surface area contributed by atoms with E-state index >= 15 is 0 Å². The molecule has 0 aliphatic heterocycles. The molecule has 0 aliphatic rings. The minimum absolute atomic E-state index is 0.0694. The predicted octanol–water partition coefficient (Wildman–Crippen LogP) is 4.48. The molecule has 0 aliphatic carbocycles. The highest BCUT2D eigenvalue weighted by molar-refractivity contribution is 5.46. The van der Waals surface area contributed by atoms with E-state index in [2.05, 4.69) is 0 Å². The Bertz CT molecular complexity index is 423. The van der Waals surface area contributed by atoms with Crippen molar-refractivity contribution in [2.24, 2.45) is 0 Å². The number of benzene rings is 1. The maximum atomic E-state index is 13.3. The molecule has 0 aromatic heterocycles. The molecule has 0 fully saturated rings. The molecule has 1 unspecified atom stereocenters. The number of anilines is 1. The summed E-state index contributed by atoms with van der Waals surface area (Å²) in [5, 5.41) is 1.91. The summed E-state index contributed by atoms with van der Waals surface area (Å²) in [6.07, 6.45) is -0.738. The van der Waals surface area contributed by atoms with Crippen molar-refractivity contribution < 1.29 is 26.3 Å².